The lowest BCUT2D eigenvalue weighted by molar-refractivity contribution is 0.0964. The third-order valence-corrected chi connectivity index (χ3v) is 4.61. The summed E-state index contributed by atoms with van der Waals surface area (Å²) in [4.78, 5) is 25.1. The SMILES string of the molecule is Cc1cc(C(=O)Cn2nnc3c(cnn3C)c2=O)c(C)n1C1CC1. The fourth-order valence-corrected chi connectivity index (χ4v) is 3.26. The molecule has 4 rings (SSSR count). The highest BCUT2D eigenvalue weighted by atomic mass is 16.1. The topological polar surface area (TPSA) is 87.6 Å². The molecule has 0 aliphatic heterocycles. The Balaban J connectivity index is 1.68. The van der Waals surface area contributed by atoms with Crippen LogP contribution in [0.5, 0.6) is 0 Å². The van der Waals surface area contributed by atoms with Crippen LogP contribution in [0, 0.1) is 13.8 Å². The molecule has 0 atom stereocenters. The summed E-state index contributed by atoms with van der Waals surface area (Å²) in [5, 5.41) is 12.2. The second-order valence-electron chi connectivity index (χ2n) is 6.37. The van der Waals surface area contributed by atoms with Crippen molar-refractivity contribution in [1.29, 1.82) is 0 Å². The molecule has 0 radical (unpaired) electrons. The number of ketones is 1. The molecule has 1 aliphatic carbocycles. The molecule has 3 aromatic rings. The summed E-state index contributed by atoms with van der Waals surface area (Å²) in [6.45, 7) is 3.85. The first kappa shape index (κ1) is 14.8. The first-order valence-electron chi connectivity index (χ1n) is 7.94. The van der Waals surface area contributed by atoms with Crippen LogP contribution in [0.3, 0.4) is 0 Å². The maximum atomic E-state index is 12.7. The fraction of sp³-hybridized carbons (Fsp3) is 0.438. The number of nitrogens with zero attached hydrogens (tertiary/aromatic N) is 6. The molecule has 0 saturated heterocycles. The van der Waals surface area contributed by atoms with Gasteiger partial charge in [0.1, 0.15) is 11.9 Å². The second kappa shape index (κ2) is 5.12. The highest BCUT2D eigenvalue weighted by Crippen LogP contribution is 2.38. The van der Waals surface area contributed by atoms with Crippen LogP contribution in [0.15, 0.2) is 17.1 Å². The Bertz CT molecular complexity index is 1020. The summed E-state index contributed by atoms with van der Waals surface area (Å²) in [6.07, 6.45) is 3.77. The zero-order valence-corrected chi connectivity index (χ0v) is 13.9. The van der Waals surface area contributed by atoms with Crippen molar-refractivity contribution in [3.8, 4) is 0 Å². The van der Waals surface area contributed by atoms with Gasteiger partial charge < -0.3 is 4.57 Å². The van der Waals surface area contributed by atoms with Crippen molar-refractivity contribution in [2.75, 3.05) is 0 Å². The number of rotatable bonds is 4. The number of carbonyl (C=O) groups excluding carboxylic acids is 1. The van der Waals surface area contributed by atoms with Crippen molar-refractivity contribution in [2.24, 2.45) is 7.05 Å². The van der Waals surface area contributed by atoms with E-state index >= 15 is 0 Å². The molecule has 3 aromatic heterocycles. The second-order valence-corrected chi connectivity index (χ2v) is 6.37. The van der Waals surface area contributed by atoms with E-state index in [0.29, 0.717) is 22.6 Å². The number of hydrogen-bond acceptors (Lipinski definition) is 5. The van der Waals surface area contributed by atoms with Crippen LogP contribution < -0.4 is 5.56 Å². The zero-order chi connectivity index (χ0) is 17.0. The van der Waals surface area contributed by atoms with E-state index in [-0.39, 0.29) is 17.9 Å². The molecule has 0 unspecified atom stereocenters. The van der Waals surface area contributed by atoms with Gasteiger partial charge in [0.15, 0.2) is 11.4 Å². The minimum absolute atomic E-state index is 0.119. The molecule has 8 heteroatoms. The monoisotopic (exact) mass is 326 g/mol. The van der Waals surface area contributed by atoms with Gasteiger partial charge in [0.25, 0.3) is 5.56 Å². The minimum atomic E-state index is -0.350. The molecule has 0 bridgehead atoms. The van der Waals surface area contributed by atoms with Gasteiger partial charge >= 0.3 is 0 Å². The molecular weight excluding hydrogens is 308 g/mol. The molecule has 8 nitrogen and oxygen atoms in total. The molecule has 3 heterocycles. The minimum Gasteiger partial charge on any atom is -0.345 e. The summed E-state index contributed by atoms with van der Waals surface area (Å²) in [6, 6.07) is 2.41. The van der Waals surface area contributed by atoms with Crippen LogP contribution in [0.2, 0.25) is 0 Å². The molecule has 1 fully saturated rings. The van der Waals surface area contributed by atoms with E-state index < -0.39 is 0 Å². The van der Waals surface area contributed by atoms with Crippen molar-refractivity contribution in [3.63, 3.8) is 0 Å². The maximum absolute atomic E-state index is 12.7. The molecule has 0 N–H and O–H groups in total. The third kappa shape index (κ3) is 2.17. The Kier molecular flexibility index (Phi) is 3.16. The van der Waals surface area contributed by atoms with E-state index in [9.17, 15) is 9.59 Å². The summed E-state index contributed by atoms with van der Waals surface area (Å²) in [5.74, 6) is -0.130. The van der Waals surface area contributed by atoms with E-state index in [2.05, 4.69) is 20.0 Å². The van der Waals surface area contributed by atoms with Gasteiger partial charge in [-0.05, 0) is 32.8 Å². The Hall–Kier alpha value is -2.77. The zero-order valence-electron chi connectivity index (χ0n) is 13.9. The number of aromatic nitrogens is 6. The summed E-state index contributed by atoms with van der Waals surface area (Å²) in [5.41, 5.74) is 2.76. The Morgan fingerprint density at radius 2 is 2.08 bits per heavy atom. The quantitative estimate of drug-likeness (QED) is 0.671. The molecule has 124 valence electrons. The van der Waals surface area contributed by atoms with Gasteiger partial charge in [-0.25, -0.2) is 9.36 Å². The molecular formula is C16H18N6O2. The highest BCUT2D eigenvalue weighted by Gasteiger charge is 2.28. The van der Waals surface area contributed by atoms with Gasteiger partial charge in [-0.1, -0.05) is 5.21 Å². The molecule has 0 aromatic carbocycles. The van der Waals surface area contributed by atoms with E-state index in [4.69, 9.17) is 0 Å². The van der Waals surface area contributed by atoms with Gasteiger partial charge in [-0.3, -0.25) is 9.59 Å². The molecule has 0 spiro atoms. The standard InChI is InChI=1S/C16H18N6O2/c1-9-6-12(10(2)22(9)11-4-5-11)14(23)8-21-16(24)13-7-17-20(3)15(13)18-19-21/h6-7,11H,4-5,8H2,1-3H3. The molecule has 1 saturated carbocycles. The van der Waals surface area contributed by atoms with Crippen molar-refractivity contribution in [1.82, 2.24) is 29.3 Å². The van der Waals surface area contributed by atoms with Gasteiger partial charge in [0.05, 0.1) is 6.20 Å². The van der Waals surface area contributed by atoms with E-state index in [1.165, 1.54) is 10.9 Å². The van der Waals surface area contributed by atoms with Crippen molar-refractivity contribution >= 4 is 16.8 Å². The Labute approximate surface area is 137 Å². The van der Waals surface area contributed by atoms with Crippen LogP contribution in [-0.2, 0) is 13.6 Å². The van der Waals surface area contributed by atoms with Gasteiger partial charge in [0, 0.05) is 30.0 Å². The fourth-order valence-electron chi connectivity index (χ4n) is 3.26. The van der Waals surface area contributed by atoms with Crippen LogP contribution in [0.25, 0.3) is 11.0 Å². The van der Waals surface area contributed by atoms with E-state index in [1.54, 1.807) is 7.05 Å². The lowest BCUT2D eigenvalue weighted by atomic mass is 10.1. The molecule has 1 aliphatic rings. The predicted octanol–water partition coefficient (Wildman–Crippen LogP) is 1.16. The molecule has 24 heavy (non-hydrogen) atoms. The van der Waals surface area contributed by atoms with Gasteiger partial charge in [-0.15, -0.1) is 5.10 Å². The summed E-state index contributed by atoms with van der Waals surface area (Å²) >= 11 is 0. The van der Waals surface area contributed by atoms with Crippen molar-refractivity contribution in [3.05, 3.63) is 39.6 Å². The number of carbonyl (C=O) groups is 1. The number of hydrogen-bond donors (Lipinski definition) is 0. The number of Topliss-reactive ketones (excluding diaryl/α,β-unsaturated/α-hetero) is 1. The van der Waals surface area contributed by atoms with E-state index in [1.807, 2.05) is 19.9 Å². The Morgan fingerprint density at radius 1 is 1.33 bits per heavy atom. The van der Waals surface area contributed by atoms with Crippen LogP contribution in [-0.4, -0.2) is 35.1 Å². The van der Waals surface area contributed by atoms with Crippen LogP contribution in [0.1, 0.15) is 40.6 Å². The first-order valence-corrected chi connectivity index (χ1v) is 7.94. The van der Waals surface area contributed by atoms with Crippen LogP contribution >= 0.6 is 0 Å². The molecule has 0 amide bonds. The smallest absolute Gasteiger partial charge is 0.281 e. The van der Waals surface area contributed by atoms with Crippen molar-refractivity contribution in [2.45, 2.75) is 39.3 Å². The average Bonchev–Trinajstić information content (AvgIpc) is 3.23. The first-order chi connectivity index (χ1) is 11.5. The normalized spacial score (nSPS) is 14.5. The predicted molar refractivity (Wildman–Crippen MR) is 87.1 cm³/mol. The maximum Gasteiger partial charge on any atom is 0.281 e. The lowest BCUT2D eigenvalue weighted by Gasteiger charge is -2.07. The number of aryl methyl sites for hydroxylation is 2. The average molecular weight is 326 g/mol. The van der Waals surface area contributed by atoms with Crippen LogP contribution in [0.4, 0.5) is 0 Å². The number of fused-ring (bicyclic) bond motifs is 1. The van der Waals surface area contributed by atoms with Gasteiger partial charge in [-0.2, -0.15) is 5.10 Å². The highest BCUT2D eigenvalue weighted by molar-refractivity contribution is 5.97. The van der Waals surface area contributed by atoms with Gasteiger partial charge in [0.2, 0.25) is 0 Å². The van der Waals surface area contributed by atoms with E-state index in [0.717, 1.165) is 28.9 Å². The van der Waals surface area contributed by atoms with Crippen molar-refractivity contribution < 1.29 is 4.79 Å². The summed E-state index contributed by atoms with van der Waals surface area (Å²) in [7, 11) is 1.69. The largest absolute Gasteiger partial charge is 0.345 e. The summed E-state index contributed by atoms with van der Waals surface area (Å²) < 4.78 is 4.81. The Morgan fingerprint density at radius 3 is 2.79 bits per heavy atom. The lowest BCUT2D eigenvalue weighted by Crippen LogP contribution is -2.28. The third-order valence-electron chi connectivity index (χ3n) is 4.61.